The summed E-state index contributed by atoms with van der Waals surface area (Å²) in [5.41, 5.74) is 1.49. The van der Waals surface area contributed by atoms with Crippen LogP contribution >= 0.6 is 0 Å². The van der Waals surface area contributed by atoms with E-state index in [9.17, 15) is 28.8 Å². The molecule has 0 spiro atoms. The van der Waals surface area contributed by atoms with Crippen molar-refractivity contribution in [3.05, 3.63) is 11.6 Å². The van der Waals surface area contributed by atoms with Gasteiger partial charge in [0, 0.05) is 44.9 Å². The maximum atomic E-state index is 12.9. The molecule has 3 fully saturated rings. The fraction of sp³-hybridized carbons (Fsp3) is 0.784. The second-order valence-corrected chi connectivity index (χ2v) is 15.0. The lowest BCUT2D eigenvalue weighted by Gasteiger charge is -2.57. The van der Waals surface area contributed by atoms with Crippen LogP contribution in [0.15, 0.2) is 11.6 Å². The van der Waals surface area contributed by atoms with Crippen LogP contribution in [0.25, 0.3) is 0 Å². The molecule has 4 aliphatic rings. The molecule has 11 nitrogen and oxygen atoms in total. The molecular weight excluding hydrogens is 620 g/mol. The van der Waals surface area contributed by atoms with E-state index in [1.807, 2.05) is 6.08 Å². The summed E-state index contributed by atoms with van der Waals surface area (Å²) >= 11 is 0. The number of hydrogen-bond acceptors (Lipinski definition) is 11. The zero-order chi connectivity index (χ0) is 35.1. The maximum Gasteiger partial charge on any atom is 0.306 e. The molecule has 0 heterocycles. The van der Waals surface area contributed by atoms with Crippen LogP contribution in [0.1, 0.15) is 118 Å². The summed E-state index contributed by atoms with van der Waals surface area (Å²) in [5.74, 6) is -0.717. The molecule has 7 atom stereocenters. The van der Waals surface area contributed by atoms with Crippen molar-refractivity contribution in [3.8, 4) is 0 Å². The van der Waals surface area contributed by atoms with Gasteiger partial charge in [-0.2, -0.15) is 0 Å². The largest absolute Gasteiger partial charge is 0.466 e. The summed E-state index contributed by atoms with van der Waals surface area (Å²) in [6.07, 6.45) is 10.1. The zero-order valence-corrected chi connectivity index (χ0v) is 29.3. The first kappa shape index (κ1) is 37.6. The summed E-state index contributed by atoms with van der Waals surface area (Å²) in [6.45, 7) is 8.52. The summed E-state index contributed by atoms with van der Waals surface area (Å²) in [6, 6.07) is 0. The molecule has 4 aliphatic carbocycles. The second-order valence-electron chi connectivity index (χ2n) is 15.0. The highest BCUT2D eigenvalue weighted by Crippen LogP contribution is 2.65. The third-order valence-electron chi connectivity index (χ3n) is 11.5. The van der Waals surface area contributed by atoms with E-state index in [1.54, 1.807) is 6.92 Å². The molecule has 0 N–H and O–H groups in total. The third-order valence-corrected chi connectivity index (χ3v) is 11.5. The number of unbranched alkanes of at least 4 members (excludes halogenated alkanes) is 1. The molecule has 0 aliphatic heterocycles. The van der Waals surface area contributed by atoms with Crippen molar-refractivity contribution in [2.75, 3.05) is 19.8 Å². The second kappa shape index (κ2) is 16.4. The van der Waals surface area contributed by atoms with Gasteiger partial charge in [-0.1, -0.05) is 26.3 Å². The molecular formula is C37H54O11. The molecule has 0 aromatic rings. The number of carbonyl (C=O) groups is 6. The molecule has 0 aromatic heterocycles. The van der Waals surface area contributed by atoms with Gasteiger partial charge in [-0.05, 0) is 93.0 Å². The topological polar surface area (TPSA) is 149 Å². The van der Waals surface area contributed by atoms with Crippen LogP contribution < -0.4 is 0 Å². The number of ketones is 1. The third kappa shape index (κ3) is 9.47. The SMILES string of the molecule is CC(=O)OCC(COC(C)=O)OC(=O)CC(C)CC(=O)OCCCCC(=O)O[C@H]1CC[C@H]2[C@@H]3CCC4=CC(=O)CC[C@]4(C)[C@H]3CC[C@]12C. The van der Waals surface area contributed by atoms with Gasteiger partial charge in [0.1, 0.15) is 19.3 Å². The normalized spacial score (nSPS) is 29.8. The molecule has 1 unspecified atom stereocenters. The highest BCUT2D eigenvalue weighted by molar-refractivity contribution is 5.91. The number of ether oxygens (including phenoxy) is 5. The molecule has 268 valence electrons. The number of hydrogen-bond donors (Lipinski definition) is 0. The Bertz CT molecular complexity index is 1240. The van der Waals surface area contributed by atoms with Crippen molar-refractivity contribution < 1.29 is 52.5 Å². The van der Waals surface area contributed by atoms with Crippen molar-refractivity contribution in [1.29, 1.82) is 0 Å². The lowest BCUT2D eigenvalue weighted by molar-refractivity contribution is -0.166. The van der Waals surface area contributed by atoms with E-state index in [0.717, 1.165) is 44.9 Å². The van der Waals surface area contributed by atoms with Crippen LogP contribution in [-0.4, -0.2) is 67.7 Å². The molecule has 0 bridgehead atoms. The van der Waals surface area contributed by atoms with Gasteiger partial charge >= 0.3 is 29.8 Å². The highest BCUT2D eigenvalue weighted by Gasteiger charge is 2.60. The standard InChI is InChI=1S/C37H54O11/c1-23(19-35(43)47-28(21-45-24(2)38)22-46-25(3)39)18-34(42)44-17-7-6-8-33(41)48-32-12-11-30-29-10-9-26-20-27(40)13-15-36(26,4)31(29)14-16-37(30,32)5/h20,23,28-32H,6-19,21-22H2,1-5H3/t23?,29-,30-,31-,32-,36-,37-/m0/s1. The van der Waals surface area contributed by atoms with Gasteiger partial charge in [0.2, 0.25) is 0 Å². The van der Waals surface area contributed by atoms with Crippen molar-refractivity contribution in [2.24, 2.45) is 34.5 Å². The van der Waals surface area contributed by atoms with Crippen LogP contribution in [0.3, 0.4) is 0 Å². The average molecular weight is 675 g/mol. The Kier molecular flexibility index (Phi) is 12.9. The Hall–Kier alpha value is -3.24. The zero-order valence-electron chi connectivity index (χ0n) is 29.3. The van der Waals surface area contributed by atoms with Gasteiger partial charge in [0.05, 0.1) is 6.61 Å². The number of allylic oxidation sites excluding steroid dienone is 1. The predicted molar refractivity (Wildman–Crippen MR) is 173 cm³/mol. The molecule has 48 heavy (non-hydrogen) atoms. The number of esters is 5. The summed E-state index contributed by atoms with van der Waals surface area (Å²) < 4.78 is 26.4. The number of rotatable bonds is 15. The first-order valence-corrected chi connectivity index (χ1v) is 17.8. The fourth-order valence-electron chi connectivity index (χ4n) is 8.95. The highest BCUT2D eigenvalue weighted by atomic mass is 16.6. The van der Waals surface area contributed by atoms with Gasteiger partial charge in [-0.25, -0.2) is 0 Å². The summed E-state index contributed by atoms with van der Waals surface area (Å²) in [5, 5.41) is 0. The lowest BCUT2D eigenvalue weighted by atomic mass is 9.47. The van der Waals surface area contributed by atoms with Crippen LogP contribution in [0.5, 0.6) is 0 Å². The Labute approximate surface area is 284 Å². The first-order valence-electron chi connectivity index (χ1n) is 17.8. The van der Waals surface area contributed by atoms with E-state index < -0.39 is 30.0 Å². The summed E-state index contributed by atoms with van der Waals surface area (Å²) in [7, 11) is 0. The van der Waals surface area contributed by atoms with Crippen molar-refractivity contribution >= 4 is 35.6 Å². The average Bonchev–Trinajstić information content (AvgIpc) is 3.34. The molecule has 0 radical (unpaired) electrons. The predicted octanol–water partition coefficient (Wildman–Crippen LogP) is 5.60. The monoisotopic (exact) mass is 674 g/mol. The van der Waals surface area contributed by atoms with Gasteiger partial charge in [-0.3, -0.25) is 28.8 Å². The van der Waals surface area contributed by atoms with Crippen LogP contribution in [-0.2, 0) is 52.5 Å². The van der Waals surface area contributed by atoms with Gasteiger partial charge in [0.15, 0.2) is 11.9 Å². The Morgan fingerprint density at radius 1 is 0.812 bits per heavy atom. The van der Waals surface area contributed by atoms with Crippen molar-refractivity contribution in [1.82, 2.24) is 0 Å². The summed E-state index contributed by atoms with van der Waals surface area (Å²) in [4.78, 5) is 71.8. The van der Waals surface area contributed by atoms with Gasteiger partial charge in [0.25, 0.3) is 0 Å². The van der Waals surface area contributed by atoms with Gasteiger partial charge in [-0.15, -0.1) is 0 Å². The minimum atomic E-state index is -0.943. The smallest absolute Gasteiger partial charge is 0.306 e. The molecule has 0 amide bonds. The minimum Gasteiger partial charge on any atom is -0.466 e. The van der Waals surface area contributed by atoms with E-state index in [4.69, 9.17) is 23.7 Å². The molecule has 0 saturated heterocycles. The van der Waals surface area contributed by atoms with Crippen molar-refractivity contribution in [3.63, 3.8) is 0 Å². The molecule has 11 heteroatoms. The van der Waals surface area contributed by atoms with E-state index in [2.05, 4.69) is 13.8 Å². The molecule has 4 rings (SSSR count). The van der Waals surface area contributed by atoms with Crippen LogP contribution in [0, 0.1) is 34.5 Å². The van der Waals surface area contributed by atoms with E-state index >= 15 is 0 Å². The first-order chi connectivity index (χ1) is 22.7. The molecule has 0 aromatic carbocycles. The number of carbonyl (C=O) groups excluding carboxylic acids is 6. The maximum absolute atomic E-state index is 12.9. The van der Waals surface area contributed by atoms with E-state index in [0.29, 0.717) is 37.0 Å². The van der Waals surface area contributed by atoms with Crippen LogP contribution in [0.4, 0.5) is 0 Å². The minimum absolute atomic E-state index is 0.00779. The van der Waals surface area contributed by atoms with E-state index in [-0.39, 0.29) is 73.7 Å². The van der Waals surface area contributed by atoms with E-state index in [1.165, 1.54) is 19.4 Å². The lowest BCUT2D eigenvalue weighted by Crippen LogP contribution is -2.51. The number of fused-ring (bicyclic) bond motifs is 5. The fourth-order valence-corrected chi connectivity index (χ4v) is 8.95. The Morgan fingerprint density at radius 3 is 2.19 bits per heavy atom. The van der Waals surface area contributed by atoms with Gasteiger partial charge < -0.3 is 23.7 Å². The Balaban J connectivity index is 1.12. The van der Waals surface area contributed by atoms with Crippen LogP contribution in [0.2, 0.25) is 0 Å². The Morgan fingerprint density at radius 2 is 1.50 bits per heavy atom. The quantitative estimate of drug-likeness (QED) is 0.121. The van der Waals surface area contributed by atoms with Crippen molar-refractivity contribution in [2.45, 2.75) is 130 Å². The molecule has 3 saturated carbocycles.